The molecule has 7 heteroatoms. The van der Waals surface area contributed by atoms with Crippen molar-refractivity contribution in [3.05, 3.63) is 53.4 Å². The molecule has 0 unspecified atom stereocenters. The van der Waals surface area contributed by atoms with Gasteiger partial charge < -0.3 is 9.80 Å². The number of urea groups is 1. The highest BCUT2D eigenvalue weighted by molar-refractivity contribution is 5.76. The van der Waals surface area contributed by atoms with Gasteiger partial charge in [-0.15, -0.1) is 0 Å². The SMILES string of the molecule is O=C(N1CC[C@H](c2ccn[nH]2)C1)N1CC2(CC(Cc3ccc(F)cc3F)C2)C1. The average Bonchev–Trinajstić information content (AvgIpc) is 3.28. The molecule has 0 radical (unpaired) electrons. The number of carbonyl (C=O) groups is 1. The Hall–Kier alpha value is -2.44. The van der Waals surface area contributed by atoms with Crippen molar-refractivity contribution in [3.63, 3.8) is 0 Å². The zero-order chi connectivity index (χ0) is 19.3. The normalized spacial score (nSPS) is 23.7. The smallest absolute Gasteiger partial charge is 0.320 e. The van der Waals surface area contributed by atoms with Crippen LogP contribution in [0.1, 0.15) is 36.4 Å². The van der Waals surface area contributed by atoms with E-state index in [2.05, 4.69) is 10.2 Å². The molecule has 2 amide bonds. The number of hydrogen-bond acceptors (Lipinski definition) is 2. The van der Waals surface area contributed by atoms with Crippen LogP contribution in [0.4, 0.5) is 13.6 Å². The highest BCUT2D eigenvalue weighted by atomic mass is 19.1. The fourth-order valence-corrected chi connectivity index (χ4v) is 5.35. The Morgan fingerprint density at radius 3 is 2.75 bits per heavy atom. The lowest BCUT2D eigenvalue weighted by atomic mass is 9.56. The summed E-state index contributed by atoms with van der Waals surface area (Å²) in [6, 6.07) is 5.95. The van der Waals surface area contributed by atoms with Crippen LogP contribution < -0.4 is 0 Å². The number of H-pyrrole nitrogens is 1. The van der Waals surface area contributed by atoms with Crippen LogP contribution in [0.2, 0.25) is 0 Å². The van der Waals surface area contributed by atoms with Gasteiger partial charge in [-0.1, -0.05) is 6.07 Å². The summed E-state index contributed by atoms with van der Waals surface area (Å²) in [6.45, 7) is 3.15. The molecule has 1 aromatic carbocycles. The molecular weight excluding hydrogens is 362 g/mol. The first kappa shape index (κ1) is 17.6. The maximum atomic E-state index is 13.8. The van der Waals surface area contributed by atoms with Crippen LogP contribution in [0.25, 0.3) is 0 Å². The Morgan fingerprint density at radius 2 is 2.04 bits per heavy atom. The first-order valence-electron chi connectivity index (χ1n) is 9.98. The van der Waals surface area contributed by atoms with E-state index in [0.717, 1.165) is 57.2 Å². The van der Waals surface area contributed by atoms with E-state index in [4.69, 9.17) is 0 Å². The largest absolute Gasteiger partial charge is 0.324 e. The van der Waals surface area contributed by atoms with Gasteiger partial charge in [-0.25, -0.2) is 13.6 Å². The van der Waals surface area contributed by atoms with Crippen molar-refractivity contribution in [2.45, 2.75) is 31.6 Å². The second-order valence-corrected chi connectivity index (χ2v) is 8.80. The summed E-state index contributed by atoms with van der Waals surface area (Å²) in [6.07, 6.45) is 5.41. The van der Waals surface area contributed by atoms with Gasteiger partial charge in [0.1, 0.15) is 11.6 Å². The summed E-state index contributed by atoms with van der Waals surface area (Å²) < 4.78 is 26.9. The number of nitrogens with one attached hydrogen (secondary N) is 1. The number of aromatic nitrogens is 2. The zero-order valence-corrected chi connectivity index (χ0v) is 15.7. The van der Waals surface area contributed by atoms with Crippen molar-refractivity contribution in [1.29, 1.82) is 0 Å². The number of benzene rings is 1. The zero-order valence-electron chi connectivity index (χ0n) is 15.7. The van der Waals surface area contributed by atoms with Crippen LogP contribution in [0.5, 0.6) is 0 Å². The lowest BCUT2D eigenvalue weighted by Gasteiger charge is -2.59. The Bertz CT molecular complexity index is 871. The predicted molar refractivity (Wildman–Crippen MR) is 99.7 cm³/mol. The molecule has 3 heterocycles. The number of nitrogens with zero attached hydrogens (tertiary/aromatic N) is 3. The Labute approximate surface area is 162 Å². The van der Waals surface area contributed by atoms with Gasteiger partial charge in [-0.3, -0.25) is 5.10 Å². The number of rotatable bonds is 3. The molecule has 28 heavy (non-hydrogen) atoms. The third-order valence-corrected chi connectivity index (χ3v) is 6.71. The van der Waals surface area contributed by atoms with Gasteiger partial charge in [-0.05, 0) is 49.3 Å². The summed E-state index contributed by atoms with van der Waals surface area (Å²) in [5.74, 6) is -0.211. The molecule has 2 aromatic rings. The van der Waals surface area contributed by atoms with Crippen molar-refractivity contribution >= 4 is 6.03 Å². The first-order valence-corrected chi connectivity index (χ1v) is 9.98. The van der Waals surface area contributed by atoms with Crippen LogP contribution in [0.3, 0.4) is 0 Å². The molecule has 1 spiro atoms. The molecule has 1 aromatic heterocycles. The minimum absolute atomic E-state index is 0.140. The molecule has 1 saturated carbocycles. The topological polar surface area (TPSA) is 52.2 Å². The Balaban J connectivity index is 1.10. The summed E-state index contributed by atoms with van der Waals surface area (Å²) >= 11 is 0. The third kappa shape index (κ3) is 3.06. The molecule has 3 aliphatic rings. The van der Waals surface area contributed by atoms with E-state index in [-0.39, 0.29) is 11.4 Å². The monoisotopic (exact) mass is 386 g/mol. The lowest BCUT2D eigenvalue weighted by Crippen LogP contribution is -2.65. The highest BCUT2D eigenvalue weighted by Crippen LogP contribution is 2.53. The Kier molecular flexibility index (Phi) is 4.14. The molecule has 3 fully saturated rings. The van der Waals surface area contributed by atoms with E-state index in [9.17, 15) is 13.6 Å². The van der Waals surface area contributed by atoms with Gasteiger partial charge in [0.25, 0.3) is 0 Å². The summed E-state index contributed by atoms with van der Waals surface area (Å²) in [4.78, 5) is 16.7. The van der Waals surface area contributed by atoms with E-state index in [1.807, 2.05) is 15.9 Å². The number of amides is 2. The van der Waals surface area contributed by atoms with Crippen LogP contribution >= 0.6 is 0 Å². The van der Waals surface area contributed by atoms with E-state index >= 15 is 0 Å². The van der Waals surface area contributed by atoms with Gasteiger partial charge in [0.2, 0.25) is 0 Å². The fourth-order valence-electron chi connectivity index (χ4n) is 5.35. The number of hydrogen-bond donors (Lipinski definition) is 1. The molecule has 1 aliphatic carbocycles. The van der Waals surface area contributed by atoms with E-state index in [1.165, 1.54) is 6.07 Å². The summed E-state index contributed by atoms with van der Waals surface area (Å²) in [5.41, 5.74) is 1.92. The highest BCUT2D eigenvalue weighted by Gasteiger charge is 2.54. The molecule has 148 valence electrons. The number of likely N-dealkylation sites (tertiary alicyclic amines) is 2. The second-order valence-electron chi connectivity index (χ2n) is 8.80. The Morgan fingerprint density at radius 1 is 1.21 bits per heavy atom. The van der Waals surface area contributed by atoms with Crippen LogP contribution in [-0.2, 0) is 6.42 Å². The molecule has 2 saturated heterocycles. The molecule has 5 nitrogen and oxygen atoms in total. The van der Waals surface area contributed by atoms with Gasteiger partial charge >= 0.3 is 6.03 Å². The number of halogens is 2. The van der Waals surface area contributed by atoms with Crippen molar-refractivity contribution in [1.82, 2.24) is 20.0 Å². The maximum Gasteiger partial charge on any atom is 0.320 e. The maximum absolute atomic E-state index is 13.8. The standard InChI is InChI=1S/C21H24F2N4O/c22-17-2-1-15(18(23)8-17)7-14-9-21(10-14)12-27(13-21)20(28)26-6-4-16(11-26)19-3-5-24-25-19/h1-3,5,8,14,16H,4,6-7,9-13H2,(H,24,25)/t16-/m0/s1. The van der Waals surface area contributed by atoms with Crippen molar-refractivity contribution in [3.8, 4) is 0 Å². The summed E-state index contributed by atoms with van der Waals surface area (Å²) in [7, 11) is 0. The third-order valence-electron chi connectivity index (χ3n) is 6.71. The van der Waals surface area contributed by atoms with E-state index in [1.54, 1.807) is 12.3 Å². The number of carbonyl (C=O) groups excluding carboxylic acids is 1. The van der Waals surface area contributed by atoms with E-state index < -0.39 is 11.6 Å². The predicted octanol–water partition coefficient (Wildman–Crippen LogP) is 3.55. The quantitative estimate of drug-likeness (QED) is 0.877. The van der Waals surface area contributed by atoms with Crippen molar-refractivity contribution in [2.75, 3.05) is 26.2 Å². The van der Waals surface area contributed by atoms with Gasteiger partial charge in [0.05, 0.1) is 0 Å². The van der Waals surface area contributed by atoms with Crippen molar-refractivity contribution in [2.24, 2.45) is 11.3 Å². The molecule has 0 bridgehead atoms. The average molecular weight is 386 g/mol. The second kappa shape index (κ2) is 6.57. The van der Waals surface area contributed by atoms with E-state index in [0.29, 0.717) is 23.8 Å². The minimum Gasteiger partial charge on any atom is -0.324 e. The molecule has 2 aliphatic heterocycles. The van der Waals surface area contributed by atoms with Gasteiger partial charge in [-0.2, -0.15) is 5.10 Å². The lowest BCUT2D eigenvalue weighted by molar-refractivity contribution is -0.0755. The summed E-state index contributed by atoms with van der Waals surface area (Å²) in [5, 5.41) is 7.01. The molecule has 5 rings (SSSR count). The van der Waals surface area contributed by atoms with Crippen LogP contribution in [0, 0.1) is 23.0 Å². The number of aromatic amines is 1. The first-order chi connectivity index (χ1) is 13.5. The molecular formula is C21H24F2N4O. The van der Waals surface area contributed by atoms with Crippen LogP contribution in [0.15, 0.2) is 30.5 Å². The van der Waals surface area contributed by atoms with Gasteiger partial charge in [0, 0.05) is 55.5 Å². The molecule has 1 atom stereocenters. The molecule has 1 N–H and O–H groups in total. The van der Waals surface area contributed by atoms with Crippen LogP contribution in [-0.4, -0.2) is 52.2 Å². The van der Waals surface area contributed by atoms with Crippen molar-refractivity contribution < 1.29 is 13.6 Å². The fraction of sp³-hybridized carbons (Fsp3) is 0.524. The van der Waals surface area contributed by atoms with Gasteiger partial charge in [0.15, 0.2) is 0 Å². The minimum atomic E-state index is -0.531.